The van der Waals surface area contributed by atoms with Gasteiger partial charge in [-0.2, -0.15) is 0 Å². The summed E-state index contributed by atoms with van der Waals surface area (Å²) in [4.78, 5) is 34.6. The van der Waals surface area contributed by atoms with Gasteiger partial charge in [0.15, 0.2) is 5.82 Å². The summed E-state index contributed by atoms with van der Waals surface area (Å²) in [6.45, 7) is 0.829. The van der Waals surface area contributed by atoms with E-state index in [4.69, 9.17) is 0 Å². The van der Waals surface area contributed by atoms with Gasteiger partial charge < -0.3 is 15.2 Å². The summed E-state index contributed by atoms with van der Waals surface area (Å²) in [5.74, 6) is 0.863. The monoisotopic (exact) mass is 384 g/mol. The number of amides is 2. The van der Waals surface area contributed by atoms with E-state index in [-0.39, 0.29) is 30.5 Å². The number of imidazole rings is 1. The second-order valence-corrected chi connectivity index (χ2v) is 8.49. The van der Waals surface area contributed by atoms with Crippen molar-refractivity contribution in [1.29, 1.82) is 0 Å². The van der Waals surface area contributed by atoms with Gasteiger partial charge >= 0.3 is 0 Å². The van der Waals surface area contributed by atoms with Crippen molar-refractivity contribution in [3.8, 4) is 0 Å². The molecule has 1 saturated heterocycles. The normalized spacial score (nSPS) is 23.2. The smallest absolute Gasteiger partial charge is 0.223 e. The van der Waals surface area contributed by atoms with Gasteiger partial charge in [0.05, 0.1) is 11.1 Å². The van der Waals surface area contributed by atoms with Crippen LogP contribution < -0.4 is 5.32 Å². The maximum atomic E-state index is 13.9. The Morgan fingerprint density at radius 1 is 1.25 bits per heavy atom. The van der Waals surface area contributed by atoms with Gasteiger partial charge in [-0.05, 0) is 56.6 Å². The minimum Gasteiger partial charge on any atom is -0.343 e. The van der Waals surface area contributed by atoms with Crippen LogP contribution in [-0.4, -0.2) is 39.3 Å². The Balaban J connectivity index is 1.20. The second-order valence-electron chi connectivity index (χ2n) is 8.49. The number of aromatic nitrogens is 2. The third kappa shape index (κ3) is 3.16. The highest BCUT2D eigenvalue weighted by Crippen LogP contribution is 2.45. The second kappa shape index (κ2) is 6.57. The number of fused-ring (bicyclic) bond motifs is 1. The molecule has 6 nitrogen and oxygen atoms in total. The molecule has 1 aromatic carbocycles. The quantitative estimate of drug-likeness (QED) is 0.804. The molecule has 0 bridgehead atoms. The fourth-order valence-electron chi connectivity index (χ4n) is 4.54. The van der Waals surface area contributed by atoms with Crippen molar-refractivity contribution in [3.63, 3.8) is 0 Å². The first-order valence-electron chi connectivity index (χ1n) is 10.3. The number of nitrogens with one attached hydrogen (secondary N) is 2. The number of para-hydroxylation sites is 1. The summed E-state index contributed by atoms with van der Waals surface area (Å²) in [7, 11) is 0. The van der Waals surface area contributed by atoms with Crippen molar-refractivity contribution in [2.24, 2.45) is 5.92 Å². The summed E-state index contributed by atoms with van der Waals surface area (Å²) in [5.41, 5.74) is 0.384. The molecule has 28 heavy (non-hydrogen) atoms. The summed E-state index contributed by atoms with van der Waals surface area (Å²) < 4.78 is 13.9. The number of H-pyrrole nitrogens is 1. The molecular weight excluding hydrogens is 359 g/mol. The van der Waals surface area contributed by atoms with E-state index >= 15 is 0 Å². The largest absolute Gasteiger partial charge is 0.343 e. The molecule has 1 aromatic heterocycles. The third-order valence-corrected chi connectivity index (χ3v) is 6.40. The lowest BCUT2D eigenvalue weighted by Crippen LogP contribution is -2.39. The van der Waals surface area contributed by atoms with Gasteiger partial charge in [0.2, 0.25) is 11.8 Å². The van der Waals surface area contributed by atoms with Gasteiger partial charge in [-0.15, -0.1) is 0 Å². The van der Waals surface area contributed by atoms with Crippen molar-refractivity contribution >= 4 is 22.8 Å². The number of hydrogen-bond acceptors (Lipinski definition) is 3. The predicted octanol–water partition coefficient (Wildman–Crippen LogP) is 2.99. The average molecular weight is 384 g/mol. The molecule has 2 aromatic rings. The fraction of sp³-hybridized carbons (Fsp3) is 0.571. The minimum absolute atomic E-state index is 0.0974. The van der Waals surface area contributed by atoms with Crippen LogP contribution in [0.5, 0.6) is 0 Å². The highest BCUT2D eigenvalue weighted by Gasteiger charge is 2.48. The van der Waals surface area contributed by atoms with E-state index in [0.29, 0.717) is 28.8 Å². The van der Waals surface area contributed by atoms with Crippen LogP contribution in [0.1, 0.15) is 57.2 Å². The maximum Gasteiger partial charge on any atom is 0.223 e. The molecule has 3 fully saturated rings. The molecule has 2 amide bonds. The molecular formula is C21H25FN4O2. The van der Waals surface area contributed by atoms with Crippen molar-refractivity contribution in [3.05, 3.63) is 29.8 Å². The standard InChI is InChI=1S/C21H25FN4O2/c22-14-3-1-4-15-19(14)24-20(23-15)21(10-11-21)25-17(27)8-9-18(28)26-12-2-5-16(26)13-6-7-13/h1,3-4,13,16H,2,5-12H2,(H,23,24)(H,25,27). The molecule has 2 heterocycles. The minimum atomic E-state index is -0.546. The van der Waals surface area contributed by atoms with Crippen molar-refractivity contribution in [2.45, 2.75) is 62.9 Å². The number of halogens is 1. The number of nitrogens with zero attached hydrogens (tertiary/aromatic N) is 2. The molecule has 3 aliphatic rings. The highest BCUT2D eigenvalue weighted by molar-refractivity contribution is 5.85. The molecule has 148 valence electrons. The maximum absolute atomic E-state index is 13.9. The van der Waals surface area contributed by atoms with Crippen LogP contribution in [0.2, 0.25) is 0 Å². The zero-order valence-electron chi connectivity index (χ0n) is 15.8. The van der Waals surface area contributed by atoms with E-state index < -0.39 is 5.54 Å². The Labute approximate surface area is 162 Å². The molecule has 0 radical (unpaired) electrons. The van der Waals surface area contributed by atoms with Gasteiger partial charge in [-0.3, -0.25) is 9.59 Å². The number of hydrogen-bond donors (Lipinski definition) is 2. The van der Waals surface area contributed by atoms with Gasteiger partial charge in [-0.1, -0.05) is 6.07 Å². The third-order valence-electron chi connectivity index (χ3n) is 6.40. The highest BCUT2D eigenvalue weighted by atomic mass is 19.1. The molecule has 5 rings (SSSR count). The number of likely N-dealkylation sites (tertiary alicyclic amines) is 1. The number of benzene rings is 1. The van der Waals surface area contributed by atoms with Crippen LogP contribution in [-0.2, 0) is 15.1 Å². The van der Waals surface area contributed by atoms with Gasteiger partial charge in [0, 0.05) is 25.4 Å². The molecule has 2 saturated carbocycles. The van der Waals surface area contributed by atoms with E-state index in [2.05, 4.69) is 15.3 Å². The van der Waals surface area contributed by atoms with E-state index in [9.17, 15) is 14.0 Å². The van der Waals surface area contributed by atoms with E-state index in [1.165, 1.54) is 18.9 Å². The first-order valence-corrected chi connectivity index (χ1v) is 10.3. The van der Waals surface area contributed by atoms with E-state index in [1.807, 2.05) is 4.90 Å². The van der Waals surface area contributed by atoms with Crippen molar-refractivity contribution < 1.29 is 14.0 Å². The van der Waals surface area contributed by atoms with Crippen LogP contribution in [0.4, 0.5) is 4.39 Å². The molecule has 2 aliphatic carbocycles. The van der Waals surface area contributed by atoms with Gasteiger partial charge in [-0.25, -0.2) is 9.37 Å². The van der Waals surface area contributed by atoms with Crippen LogP contribution >= 0.6 is 0 Å². The molecule has 1 aliphatic heterocycles. The Morgan fingerprint density at radius 2 is 2.07 bits per heavy atom. The zero-order chi connectivity index (χ0) is 19.3. The first kappa shape index (κ1) is 17.6. The summed E-state index contributed by atoms with van der Waals surface area (Å²) in [5, 5.41) is 3.03. The fourth-order valence-corrected chi connectivity index (χ4v) is 4.54. The topological polar surface area (TPSA) is 78.1 Å². The Hall–Kier alpha value is -2.44. The summed E-state index contributed by atoms with van der Waals surface area (Å²) in [6, 6.07) is 5.19. The van der Waals surface area contributed by atoms with Crippen LogP contribution in [0.15, 0.2) is 18.2 Å². The van der Waals surface area contributed by atoms with Gasteiger partial charge in [0.25, 0.3) is 0 Å². The first-order chi connectivity index (χ1) is 13.6. The Kier molecular flexibility index (Phi) is 4.14. The lowest BCUT2D eigenvalue weighted by Gasteiger charge is -2.24. The van der Waals surface area contributed by atoms with E-state index in [1.54, 1.807) is 12.1 Å². The number of carbonyl (C=O) groups is 2. The molecule has 1 unspecified atom stereocenters. The van der Waals surface area contributed by atoms with Crippen LogP contribution in [0.25, 0.3) is 11.0 Å². The van der Waals surface area contributed by atoms with Crippen molar-refractivity contribution in [1.82, 2.24) is 20.2 Å². The molecule has 0 spiro atoms. The number of rotatable bonds is 6. The number of aromatic amines is 1. The summed E-state index contributed by atoms with van der Waals surface area (Å²) >= 11 is 0. The molecule has 7 heteroatoms. The van der Waals surface area contributed by atoms with E-state index in [0.717, 1.165) is 32.2 Å². The average Bonchev–Trinajstić information content (AvgIpc) is 3.58. The molecule has 1 atom stereocenters. The zero-order valence-corrected chi connectivity index (χ0v) is 15.8. The SMILES string of the molecule is O=C(CCC(=O)N1CCCC1C1CC1)NC1(c2nc3c(F)cccc3[nH]2)CC1. The lowest BCUT2D eigenvalue weighted by molar-refractivity contribution is -0.134. The lowest BCUT2D eigenvalue weighted by atomic mass is 10.1. The Morgan fingerprint density at radius 3 is 2.79 bits per heavy atom. The van der Waals surface area contributed by atoms with Crippen LogP contribution in [0.3, 0.4) is 0 Å². The van der Waals surface area contributed by atoms with Crippen molar-refractivity contribution in [2.75, 3.05) is 6.54 Å². The molecule has 2 N–H and O–H groups in total. The Bertz CT molecular complexity index is 932. The predicted molar refractivity (Wildman–Crippen MR) is 102 cm³/mol. The summed E-state index contributed by atoms with van der Waals surface area (Å²) in [6.07, 6.45) is 6.61. The number of carbonyl (C=O) groups excluding carboxylic acids is 2. The van der Waals surface area contributed by atoms with Crippen LogP contribution in [0, 0.1) is 11.7 Å². The van der Waals surface area contributed by atoms with Gasteiger partial charge in [0.1, 0.15) is 11.3 Å².